The quantitative estimate of drug-likeness (QED) is 0.860. The minimum atomic E-state index is -3.47. The van der Waals surface area contributed by atoms with Crippen LogP contribution in [0.2, 0.25) is 0 Å². The van der Waals surface area contributed by atoms with Crippen molar-refractivity contribution >= 4 is 22.2 Å². The van der Waals surface area contributed by atoms with Gasteiger partial charge < -0.3 is 0 Å². The van der Waals surface area contributed by atoms with Crippen molar-refractivity contribution in [1.29, 1.82) is 0 Å². The van der Waals surface area contributed by atoms with E-state index in [0.717, 1.165) is 11.1 Å². The van der Waals surface area contributed by atoms with Crippen LogP contribution >= 0.6 is 0 Å². The molecule has 21 heavy (non-hydrogen) atoms. The van der Waals surface area contributed by atoms with E-state index in [4.69, 9.17) is 0 Å². The Bertz CT molecular complexity index is 735. The SMILES string of the molecule is CCNS(=O)(=O)c1cc(C)ccc1C=Cc1ccccc1. The Morgan fingerprint density at radius 3 is 2.43 bits per heavy atom. The molecule has 4 heteroatoms. The molecular formula is C17H19NO2S. The number of aryl methyl sites for hydroxylation is 1. The molecule has 0 unspecified atom stereocenters. The maximum Gasteiger partial charge on any atom is 0.241 e. The second kappa shape index (κ2) is 6.70. The second-order valence-electron chi connectivity index (χ2n) is 4.79. The van der Waals surface area contributed by atoms with E-state index in [0.29, 0.717) is 17.0 Å². The molecule has 0 bridgehead atoms. The third kappa shape index (κ3) is 4.03. The van der Waals surface area contributed by atoms with Crippen LogP contribution in [0.1, 0.15) is 23.6 Å². The fraction of sp³-hybridized carbons (Fsp3) is 0.176. The molecule has 3 nitrogen and oxygen atoms in total. The van der Waals surface area contributed by atoms with Crippen molar-refractivity contribution < 1.29 is 8.42 Å². The zero-order chi connectivity index (χ0) is 15.3. The fourth-order valence-corrected chi connectivity index (χ4v) is 3.35. The van der Waals surface area contributed by atoms with E-state index in [9.17, 15) is 8.42 Å². The Labute approximate surface area is 126 Å². The number of nitrogens with one attached hydrogen (secondary N) is 1. The Hall–Kier alpha value is -1.91. The highest BCUT2D eigenvalue weighted by molar-refractivity contribution is 7.89. The zero-order valence-corrected chi connectivity index (χ0v) is 13.0. The molecule has 0 radical (unpaired) electrons. The molecule has 0 saturated carbocycles. The van der Waals surface area contributed by atoms with Gasteiger partial charge in [0, 0.05) is 6.54 Å². The molecule has 0 aromatic heterocycles. The minimum Gasteiger partial charge on any atom is -0.211 e. The number of rotatable bonds is 5. The third-order valence-electron chi connectivity index (χ3n) is 3.05. The summed E-state index contributed by atoms with van der Waals surface area (Å²) in [6, 6.07) is 15.2. The maximum absolute atomic E-state index is 12.3. The van der Waals surface area contributed by atoms with Crippen LogP contribution in [0, 0.1) is 6.92 Å². The predicted molar refractivity (Wildman–Crippen MR) is 87.4 cm³/mol. The largest absolute Gasteiger partial charge is 0.241 e. The van der Waals surface area contributed by atoms with Gasteiger partial charge in [0.1, 0.15) is 0 Å². The topological polar surface area (TPSA) is 46.2 Å². The minimum absolute atomic E-state index is 0.316. The predicted octanol–water partition coefficient (Wildman–Crippen LogP) is 3.46. The van der Waals surface area contributed by atoms with Crippen molar-refractivity contribution in [2.45, 2.75) is 18.7 Å². The smallest absolute Gasteiger partial charge is 0.211 e. The molecule has 0 aliphatic rings. The summed E-state index contributed by atoms with van der Waals surface area (Å²) < 4.78 is 27.1. The molecule has 0 saturated heterocycles. The van der Waals surface area contributed by atoms with E-state index in [1.54, 1.807) is 13.0 Å². The summed E-state index contributed by atoms with van der Waals surface area (Å²) in [5.74, 6) is 0. The van der Waals surface area contributed by atoms with Crippen molar-refractivity contribution in [2.75, 3.05) is 6.54 Å². The Balaban J connectivity index is 2.43. The van der Waals surface area contributed by atoms with E-state index in [1.165, 1.54) is 0 Å². The highest BCUT2D eigenvalue weighted by atomic mass is 32.2. The van der Waals surface area contributed by atoms with Gasteiger partial charge in [0.2, 0.25) is 10.0 Å². The van der Waals surface area contributed by atoms with Crippen molar-refractivity contribution in [3.8, 4) is 0 Å². The molecule has 0 amide bonds. The summed E-state index contributed by atoms with van der Waals surface area (Å²) >= 11 is 0. The summed E-state index contributed by atoms with van der Waals surface area (Å²) in [5, 5.41) is 0. The average Bonchev–Trinajstić information content (AvgIpc) is 2.47. The normalized spacial score (nSPS) is 11.9. The first-order chi connectivity index (χ1) is 10.0. The van der Waals surface area contributed by atoms with E-state index < -0.39 is 10.0 Å². The highest BCUT2D eigenvalue weighted by Gasteiger charge is 2.16. The van der Waals surface area contributed by atoms with Crippen molar-refractivity contribution in [1.82, 2.24) is 4.72 Å². The molecule has 2 aromatic carbocycles. The molecule has 2 aromatic rings. The Morgan fingerprint density at radius 1 is 1.05 bits per heavy atom. The van der Waals surface area contributed by atoms with Gasteiger partial charge in [0.15, 0.2) is 0 Å². The lowest BCUT2D eigenvalue weighted by molar-refractivity contribution is 0.583. The Morgan fingerprint density at radius 2 is 1.76 bits per heavy atom. The van der Waals surface area contributed by atoms with Gasteiger partial charge in [-0.15, -0.1) is 0 Å². The van der Waals surface area contributed by atoms with Crippen LogP contribution in [0.25, 0.3) is 12.2 Å². The van der Waals surface area contributed by atoms with Crippen LogP contribution in [0.5, 0.6) is 0 Å². The van der Waals surface area contributed by atoms with Crippen LogP contribution in [-0.2, 0) is 10.0 Å². The van der Waals surface area contributed by atoms with E-state index >= 15 is 0 Å². The number of sulfonamides is 1. The molecule has 2 rings (SSSR count). The summed E-state index contributed by atoms with van der Waals surface area (Å²) in [7, 11) is -3.47. The lowest BCUT2D eigenvalue weighted by Crippen LogP contribution is -2.24. The molecule has 0 atom stereocenters. The molecule has 0 fully saturated rings. The monoisotopic (exact) mass is 301 g/mol. The number of hydrogen-bond acceptors (Lipinski definition) is 2. The maximum atomic E-state index is 12.3. The molecule has 0 spiro atoms. The number of benzene rings is 2. The lowest BCUT2D eigenvalue weighted by atomic mass is 10.1. The van der Waals surface area contributed by atoms with Gasteiger partial charge in [-0.3, -0.25) is 0 Å². The first-order valence-electron chi connectivity index (χ1n) is 6.86. The first kappa shape index (κ1) is 15.5. The average molecular weight is 301 g/mol. The fourth-order valence-electron chi connectivity index (χ4n) is 2.03. The Kier molecular flexibility index (Phi) is 4.94. The third-order valence-corrected chi connectivity index (χ3v) is 4.65. The molecule has 0 aliphatic heterocycles. The molecule has 1 N–H and O–H groups in total. The van der Waals surface area contributed by atoms with Crippen LogP contribution in [0.3, 0.4) is 0 Å². The van der Waals surface area contributed by atoms with Gasteiger partial charge in [-0.05, 0) is 29.7 Å². The van der Waals surface area contributed by atoms with Gasteiger partial charge >= 0.3 is 0 Å². The summed E-state index contributed by atoms with van der Waals surface area (Å²) in [6.07, 6.45) is 3.74. The van der Waals surface area contributed by atoms with Crippen LogP contribution in [0.15, 0.2) is 53.4 Å². The van der Waals surface area contributed by atoms with Crippen LogP contribution in [0.4, 0.5) is 0 Å². The highest BCUT2D eigenvalue weighted by Crippen LogP contribution is 2.20. The van der Waals surface area contributed by atoms with Gasteiger partial charge in [0.05, 0.1) is 4.90 Å². The number of hydrogen-bond donors (Lipinski definition) is 1. The van der Waals surface area contributed by atoms with Crippen LogP contribution in [-0.4, -0.2) is 15.0 Å². The van der Waals surface area contributed by atoms with Gasteiger partial charge in [0.25, 0.3) is 0 Å². The zero-order valence-electron chi connectivity index (χ0n) is 12.2. The van der Waals surface area contributed by atoms with Crippen molar-refractivity contribution in [3.05, 3.63) is 65.2 Å². The molecule has 110 valence electrons. The van der Waals surface area contributed by atoms with E-state index in [1.807, 2.05) is 61.5 Å². The van der Waals surface area contributed by atoms with Gasteiger partial charge in [-0.2, -0.15) is 0 Å². The van der Waals surface area contributed by atoms with Crippen molar-refractivity contribution in [3.63, 3.8) is 0 Å². The first-order valence-corrected chi connectivity index (χ1v) is 8.34. The van der Waals surface area contributed by atoms with Gasteiger partial charge in [-0.25, -0.2) is 13.1 Å². The van der Waals surface area contributed by atoms with Crippen LogP contribution < -0.4 is 4.72 Å². The lowest BCUT2D eigenvalue weighted by Gasteiger charge is -2.09. The summed E-state index contributed by atoms with van der Waals surface area (Å²) in [4.78, 5) is 0.316. The standard InChI is InChI=1S/C17H19NO2S/c1-3-18-21(19,20)17-13-14(2)9-11-16(17)12-10-15-7-5-4-6-8-15/h4-13,18H,3H2,1-2H3. The molecule has 0 aliphatic carbocycles. The molecular weight excluding hydrogens is 282 g/mol. The van der Waals surface area contributed by atoms with Crippen molar-refractivity contribution in [2.24, 2.45) is 0 Å². The van der Waals surface area contributed by atoms with Gasteiger partial charge in [-0.1, -0.05) is 61.5 Å². The summed E-state index contributed by atoms with van der Waals surface area (Å²) in [5.41, 5.74) is 2.64. The summed E-state index contributed by atoms with van der Waals surface area (Å²) in [6.45, 7) is 4.03. The second-order valence-corrected chi connectivity index (χ2v) is 6.52. The van der Waals surface area contributed by atoms with E-state index in [-0.39, 0.29) is 0 Å². The van der Waals surface area contributed by atoms with E-state index in [2.05, 4.69) is 4.72 Å². The molecule has 0 heterocycles.